The molecule has 2 amide bonds. The average Bonchev–Trinajstić information content (AvgIpc) is 2.81. The molecule has 0 aliphatic heterocycles. The predicted octanol–water partition coefficient (Wildman–Crippen LogP) is 2.98. The standard InChI is InChI=1S/C23H20N2O5/c1-29-23(28)18-11-7-10-17(14-18)22(27)25-24-21(26)15-30-20-13-6-5-12-19(20)16-8-3-2-4-9-16/h2-14H,15H2,1H3,(H,24,26)(H,25,27). The third-order valence-electron chi connectivity index (χ3n) is 4.19. The van der Waals surface area contributed by atoms with Gasteiger partial charge in [0.15, 0.2) is 6.61 Å². The normalized spacial score (nSPS) is 10.0. The number of carbonyl (C=O) groups excluding carboxylic acids is 3. The van der Waals surface area contributed by atoms with Crippen LogP contribution in [0.5, 0.6) is 5.75 Å². The monoisotopic (exact) mass is 404 g/mol. The molecule has 0 heterocycles. The third kappa shape index (κ3) is 5.23. The summed E-state index contributed by atoms with van der Waals surface area (Å²) in [5, 5.41) is 0. The molecule has 0 fully saturated rings. The van der Waals surface area contributed by atoms with E-state index < -0.39 is 17.8 Å². The van der Waals surface area contributed by atoms with Gasteiger partial charge < -0.3 is 9.47 Å². The van der Waals surface area contributed by atoms with Crippen molar-refractivity contribution < 1.29 is 23.9 Å². The van der Waals surface area contributed by atoms with Crippen molar-refractivity contribution in [2.24, 2.45) is 0 Å². The second kappa shape index (κ2) is 9.88. The maximum absolute atomic E-state index is 12.2. The summed E-state index contributed by atoms with van der Waals surface area (Å²) in [6, 6.07) is 23.0. The molecule has 7 nitrogen and oxygen atoms in total. The largest absolute Gasteiger partial charge is 0.483 e. The molecule has 0 spiro atoms. The molecular weight excluding hydrogens is 384 g/mol. The zero-order valence-corrected chi connectivity index (χ0v) is 16.3. The second-order valence-electron chi connectivity index (χ2n) is 6.23. The van der Waals surface area contributed by atoms with Crippen LogP contribution in [0.2, 0.25) is 0 Å². The molecule has 0 unspecified atom stereocenters. The molecule has 0 aromatic heterocycles. The van der Waals surface area contributed by atoms with Crippen LogP contribution in [0.1, 0.15) is 20.7 Å². The van der Waals surface area contributed by atoms with Gasteiger partial charge in [0.2, 0.25) is 0 Å². The topological polar surface area (TPSA) is 93.7 Å². The lowest BCUT2D eigenvalue weighted by Gasteiger charge is -2.12. The number of methoxy groups -OCH3 is 1. The summed E-state index contributed by atoms with van der Waals surface area (Å²) in [5.74, 6) is -1.11. The summed E-state index contributed by atoms with van der Waals surface area (Å²) in [5.41, 5.74) is 6.85. The van der Waals surface area contributed by atoms with E-state index in [0.29, 0.717) is 5.75 Å². The van der Waals surface area contributed by atoms with Crippen molar-refractivity contribution in [1.29, 1.82) is 0 Å². The van der Waals surface area contributed by atoms with Gasteiger partial charge in [-0.1, -0.05) is 54.6 Å². The van der Waals surface area contributed by atoms with Crippen LogP contribution in [-0.2, 0) is 9.53 Å². The molecular formula is C23H20N2O5. The molecule has 0 aliphatic rings. The summed E-state index contributed by atoms with van der Waals surface area (Å²) >= 11 is 0. The fraction of sp³-hybridized carbons (Fsp3) is 0.0870. The Bertz CT molecular complexity index is 1050. The highest BCUT2D eigenvalue weighted by atomic mass is 16.5. The first-order valence-corrected chi connectivity index (χ1v) is 9.13. The Morgan fingerprint density at radius 3 is 2.27 bits per heavy atom. The lowest BCUT2D eigenvalue weighted by Crippen LogP contribution is -2.43. The van der Waals surface area contributed by atoms with Crippen LogP contribution >= 0.6 is 0 Å². The molecule has 3 rings (SSSR count). The van der Waals surface area contributed by atoms with Gasteiger partial charge in [0.1, 0.15) is 5.75 Å². The number of hydrogen-bond donors (Lipinski definition) is 2. The lowest BCUT2D eigenvalue weighted by molar-refractivity contribution is -0.123. The fourth-order valence-electron chi connectivity index (χ4n) is 2.73. The van der Waals surface area contributed by atoms with E-state index in [2.05, 4.69) is 15.6 Å². The maximum Gasteiger partial charge on any atom is 0.337 e. The van der Waals surface area contributed by atoms with Crippen molar-refractivity contribution >= 4 is 17.8 Å². The number of ether oxygens (including phenoxy) is 2. The van der Waals surface area contributed by atoms with Crippen LogP contribution in [0, 0.1) is 0 Å². The van der Waals surface area contributed by atoms with E-state index in [1.54, 1.807) is 12.1 Å². The second-order valence-corrected chi connectivity index (χ2v) is 6.23. The van der Waals surface area contributed by atoms with Crippen LogP contribution in [0.4, 0.5) is 0 Å². The Balaban J connectivity index is 1.56. The van der Waals surface area contributed by atoms with Crippen molar-refractivity contribution in [3.8, 4) is 16.9 Å². The number of amides is 2. The number of para-hydroxylation sites is 1. The highest BCUT2D eigenvalue weighted by Gasteiger charge is 2.12. The summed E-state index contributed by atoms with van der Waals surface area (Å²) in [6.07, 6.45) is 0. The molecule has 2 N–H and O–H groups in total. The minimum atomic E-state index is -0.571. The van der Waals surface area contributed by atoms with E-state index in [4.69, 9.17) is 4.74 Å². The smallest absolute Gasteiger partial charge is 0.337 e. The van der Waals surface area contributed by atoms with E-state index in [1.165, 1.54) is 25.3 Å². The van der Waals surface area contributed by atoms with Gasteiger partial charge in [-0.25, -0.2) is 4.79 Å². The Morgan fingerprint density at radius 2 is 1.50 bits per heavy atom. The van der Waals surface area contributed by atoms with E-state index in [-0.39, 0.29) is 17.7 Å². The highest BCUT2D eigenvalue weighted by molar-refractivity contribution is 5.98. The van der Waals surface area contributed by atoms with E-state index in [1.807, 2.05) is 48.5 Å². The number of hydrazine groups is 1. The van der Waals surface area contributed by atoms with Crippen molar-refractivity contribution in [1.82, 2.24) is 10.9 Å². The number of esters is 1. The van der Waals surface area contributed by atoms with Gasteiger partial charge >= 0.3 is 5.97 Å². The number of rotatable bonds is 6. The molecule has 3 aromatic carbocycles. The fourth-order valence-corrected chi connectivity index (χ4v) is 2.73. The van der Waals surface area contributed by atoms with Crippen molar-refractivity contribution in [2.75, 3.05) is 13.7 Å². The molecule has 0 radical (unpaired) electrons. The first-order valence-electron chi connectivity index (χ1n) is 9.13. The summed E-state index contributed by atoms with van der Waals surface area (Å²) < 4.78 is 10.3. The zero-order chi connectivity index (χ0) is 21.3. The molecule has 152 valence electrons. The summed E-state index contributed by atoms with van der Waals surface area (Å²) in [6.45, 7) is -0.285. The number of carbonyl (C=O) groups is 3. The number of nitrogens with one attached hydrogen (secondary N) is 2. The zero-order valence-electron chi connectivity index (χ0n) is 16.3. The Hall–Kier alpha value is -4.13. The molecule has 0 atom stereocenters. The maximum atomic E-state index is 12.2. The highest BCUT2D eigenvalue weighted by Crippen LogP contribution is 2.29. The molecule has 30 heavy (non-hydrogen) atoms. The summed E-state index contributed by atoms with van der Waals surface area (Å²) in [7, 11) is 1.26. The minimum Gasteiger partial charge on any atom is -0.483 e. The van der Waals surface area contributed by atoms with Crippen LogP contribution in [0.3, 0.4) is 0 Å². The van der Waals surface area contributed by atoms with Crippen molar-refractivity contribution in [2.45, 2.75) is 0 Å². The van der Waals surface area contributed by atoms with Gasteiger partial charge in [-0.3, -0.25) is 20.4 Å². The Labute approximate surface area is 173 Å². The molecule has 0 saturated carbocycles. The van der Waals surface area contributed by atoms with Gasteiger partial charge in [-0.05, 0) is 29.8 Å². The number of benzene rings is 3. The summed E-state index contributed by atoms with van der Waals surface area (Å²) in [4.78, 5) is 35.9. The first-order chi connectivity index (χ1) is 14.6. The van der Waals surface area contributed by atoms with Crippen LogP contribution in [0.25, 0.3) is 11.1 Å². The van der Waals surface area contributed by atoms with Crippen molar-refractivity contribution in [3.63, 3.8) is 0 Å². The van der Waals surface area contributed by atoms with Gasteiger partial charge in [-0.2, -0.15) is 0 Å². The SMILES string of the molecule is COC(=O)c1cccc(C(=O)NNC(=O)COc2ccccc2-c2ccccc2)c1. The molecule has 0 saturated heterocycles. The molecule has 7 heteroatoms. The van der Waals surface area contributed by atoms with Crippen LogP contribution in [-0.4, -0.2) is 31.5 Å². The van der Waals surface area contributed by atoms with Gasteiger partial charge in [0.05, 0.1) is 12.7 Å². The average molecular weight is 404 g/mol. The van der Waals surface area contributed by atoms with Gasteiger partial charge in [0, 0.05) is 11.1 Å². The first kappa shape index (κ1) is 20.6. The Morgan fingerprint density at radius 1 is 0.800 bits per heavy atom. The predicted molar refractivity (Wildman–Crippen MR) is 111 cm³/mol. The molecule has 0 aliphatic carbocycles. The van der Waals surface area contributed by atoms with Crippen LogP contribution < -0.4 is 15.6 Å². The lowest BCUT2D eigenvalue weighted by atomic mass is 10.1. The van der Waals surface area contributed by atoms with Gasteiger partial charge in [0.25, 0.3) is 11.8 Å². The molecule has 0 bridgehead atoms. The minimum absolute atomic E-state index is 0.202. The van der Waals surface area contributed by atoms with E-state index in [0.717, 1.165) is 11.1 Å². The quantitative estimate of drug-likeness (QED) is 0.487. The van der Waals surface area contributed by atoms with Crippen LogP contribution in [0.15, 0.2) is 78.9 Å². The van der Waals surface area contributed by atoms with Gasteiger partial charge in [-0.15, -0.1) is 0 Å². The Kier molecular flexibility index (Phi) is 6.78. The van der Waals surface area contributed by atoms with Crippen molar-refractivity contribution in [3.05, 3.63) is 90.0 Å². The number of hydrogen-bond acceptors (Lipinski definition) is 5. The molecule has 3 aromatic rings. The third-order valence-corrected chi connectivity index (χ3v) is 4.19. The van der Waals surface area contributed by atoms with E-state index in [9.17, 15) is 14.4 Å². The van der Waals surface area contributed by atoms with E-state index >= 15 is 0 Å².